The molecule has 0 aromatic carbocycles. The van der Waals surface area contributed by atoms with Gasteiger partial charge in [-0.2, -0.15) is 9.40 Å². The quantitative estimate of drug-likeness (QED) is 0.770. The molecule has 0 aliphatic carbocycles. The number of amides is 1. The topological polar surface area (TPSA) is 97.6 Å². The maximum Gasteiger partial charge on any atom is 0.248 e. The highest BCUT2D eigenvalue weighted by Crippen LogP contribution is 2.28. The average Bonchev–Trinajstić information content (AvgIpc) is 3.18. The molecular weight excluding hydrogens is 370 g/mol. The highest BCUT2D eigenvalue weighted by atomic mass is 32.2. The Balaban J connectivity index is 1.57. The molecule has 0 bridgehead atoms. The van der Waals surface area contributed by atoms with Gasteiger partial charge < -0.3 is 0 Å². The second-order valence-corrected chi connectivity index (χ2v) is 8.59. The van der Waals surface area contributed by atoms with Crippen molar-refractivity contribution in [1.29, 1.82) is 0 Å². The van der Waals surface area contributed by atoms with Crippen LogP contribution in [0.3, 0.4) is 0 Å². The Kier molecular flexibility index (Phi) is 4.94. The zero-order chi connectivity index (χ0) is 18.9. The molecule has 2 aromatic rings. The molecule has 27 heavy (non-hydrogen) atoms. The Hall–Kier alpha value is -2.30. The summed E-state index contributed by atoms with van der Waals surface area (Å²) in [7, 11) is -3.70. The van der Waals surface area contributed by atoms with Crippen molar-refractivity contribution in [3.63, 3.8) is 0 Å². The summed E-state index contributed by atoms with van der Waals surface area (Å²) >= 11 is 0. The zero-order valence-corrected chi connectivity index (χ0v) is 15.6. The van der Waals surface area contributed by atoms with Gasteiger partial charge in [0.2, 0.25) is 15.9 Å². The van der Waals surface area contributed by atoms with Crippen molar-refractivity contribution in [3.8, 4) is 0 Å². The average molecular weight is 391 g/mol. The van der Waals surface area contributed by atoms with Crippen LogP contribution in [0.15, 0.2) is 41.7 Å². The number of carbonyl (C=O) groups excluding carboxylic acids is 1. The highest BCUT2D eigenvalue weighted by Gasteiger charge is 2.35. The molecule has 1 unspecified atom stereocenters. The molecule has 0 radical (unpaired) electrons. The number of hydrogen-bond donors (Lipinski definition) is 0. The monoisotopic (exact) mass is 391 g/mol. The summed E-state index contributed by atoms with van der Waals surface area (Å²) in [6, 6.07) is 4.51. The van der Waals surface area contributed by atoms with Crippen molar-refractivity contribution in [2.75, 3.05) is 19.7 Å². The summed E-state index contributed by atoms with van der Waals surface area (Å²) in [6.07, 6.45) is 6.48. The van der Waals surface area contributed by atoms with E-state index in [2.05, 4.69) is 10.1 Å². The van der Waals surface area contributed by atoms with Crippen LogP contribution in [0.4, 0.5) is 0 Å². The molecule has 1 amide bonds. The number of fused-ring (bicyclic) bond motifs is 1. The number of pyridine rings is 1. The smallest absolute Gasteiger partial charge is 0.248 e. The second kappa shape index (κ2) is 7.37. The van der Waals surface area contributed by atoms with Crippen LogP contribution in [0.1, 0.15) is 31.0 Å². The third kappa shape index (κ3) is 3.60. The van der Waals surface area contributed by atoms with E-state index in [1.165, 1.54) is 27.8 Å². The molecule has 1 saturated heterocycles. The van der Waals surface area contributed by atoms with E-state index < -0.39 is 10.0 Å². The van der Waals surface area contributed by atoms with Gasteiger partial charge >= 0.3 is 0 Å². The minimum absolute atomic E-state index is 0.133. The lowest BCUT2D eigenvalue weighted by Crippen LogP contribution is -2.44. The molecule has 10 heteroatoms. The third-order valence-corrected chi connectivity index (χ3v) is 6.61. The molecule has 4 heterocycles. The van der Waals surface area contributed by atoms with Crippen LogP contribution in [0.5, 0.6) is 0 Å². The van der Waals surface area contributed by atoms with E-state index in [4.69, 9.17) is 4.84 Å². The van der Waals surface area contributed by atoms with E-state index in [0.29, 0.717) is 13.2 Å². The Morgan fingerprint density at radius 1 is 1.26 bits per heavy atom. The largest absolute Gasteiger partial charge is 0.273 e. The van der Waals surface area contributed by atoms with Crippen molar-refractivity contribution < 1.29 is 18.0 Å². The van der Waals surface area contributed by atoms with Gasteiger partial charge in [0.15, 0.2) is 0 Å². The summed E-state index contributed by atoms with van der Waals surface area (Å²) < 4.78 is 29.1. The number of rotatable bonds is 4. The van der Waals surface area contributed by atoms with Crippen LogP contribution in [-0.2, 0) is 26.2 Å². The first-order valence-corrected chi connectivity index (χ1v) is 10.4. The fourth-order valence-electron chi connectivity index (χ4n) is 3.43. The van der Waals surface area contributed by atoms with Crippen molar-refractivity contribution in [2.45, 2.75) is 36.7 Å². The van der Waals surface area contributed by atoms with Crippen LogP contribution in [0.2, 0.25) is 0 Å². The lowest BCUT2D eigenvalue weighted by atomic mass is 10.1. The first-order valence-electron chi connectivity index (χ1n) is 8.91. The van der Waals surface area contributed by atoms with Gasteiger partial charge in [-0.15, -0.1) is 0 Å². The van der Waals surface area contributed by atoms with Crippen molar-refractivity contribution in [2.24, 2.45) is 0 Å². The van der Waals surface area contributed by atoms with Crippen LogP contribution in [0.25, 0.3) is 0 Å². The minimum atomic E-state index is -3.70. The molecule has 2 aromatic heterocycles. The van der Waals surface area contributed by atoms with Crippen LogP contribution in [-0.4, -0.2) is 58.2 Å². The van der Waals surface area contributed by atoms with E-state index in [1.807, 2.05) is 0 Å². The first-order chi connectivity index (χ1) is 13.1. The van der Waals surface area contributed by atoms with E-state index in [1.54, 1.807) is 23.0 Å². The van der Waals surface area contributed by atoms with Gasteiger partial charge in [-0.1, -0.05) is 0 Å². The van der Waals surface area contributed by atoms with E-state index >= 15 is 0 Å². The fourth-order valence-corrected chi connectivity index (χ4v) is 4.85. The summed E-state index contributed by atoms with van der Waals surface area (Å²) in [4.78, 5) is 22.1. The van der Waals surface area contributed by atoms with E-state index in [0.717, 1.165) is 18.5 Å². The number of aromatic nitrogens is 3. The molecule has 1 atom stereocenters. The molecule has 0 saturated carbocycles. The van der Waals surface area contributed by atoms with Gasteiger partial charge in [0.05, 0.1) is 31.3 Å². The lowest BCUT2D eigenvalue weighted by Gasteiger charge is -2.34. The number of carbonyl (C=O) groups is 1. The Morgan fingerprint density at radius 3 is 2.89 bits per heavy atom. The predicted octanol–water partition coefficient (Wildman–Crippen LogP) is 0.968. The summed E-state index contributed by atoms with van der Waals surface area (Å²) in [6.45, 7) is 1.48. The molecule has 0 spiro atoms. The van der Waals surface area contributed by atoms with Crippen LogP contribution < -0.4 is 0 Å². The second-order valence-electron chi connectivity index (χ2n) is 6.65. The summed E-state index contributed by atoms with van der Waals surface area (Å²) in [5, 5.41) is 5.69. The first kappa shape index (κ1) is 18.1. The van der Waals surface area contributed by atoms with Crippen LogP contribution in [0, 0.1) is 0 Å². The summed E-state index contributed by atoms with van der Waals surface area (Å²) in [5.41, 5.74) is 0.756. The number of hydrogen-bond acceptors (Lipinski definition) is 6. The molecule has 2 aliphatic heterocycles. The van der Waals surface area contributed by atoms with Gasteiger partial charge in [0.25, 0.3) is 0 Å². The SMILES string of the molecule is O=C(CC1CN(S(=O)(=O)c2cccnc2)Cc2ccnn21)N1CCCCO1. The summed E-state index contributed by atoms with van der Waals surface area (Å²) in [5.74, 6) is -0.151. The Bertz CT molecular complexity index is 908. The molecular formula is C17H21N5O4S. The van der Waals surface area contributed by atoms with Gasteiger partial charge in [0.1, 0.15) is 4.90 Å². The highest BCUT2D eigenvalue weighted by molar-refractivity contribution is 7.89. The molecule has 9 nitrogen and oxygen atoms in total. The zero-order valence-electron chi connectivity index (χ0n) is 14.8. The molecule has 4 rings (SSSR count). The van der Waals surface area contributed by atoms with Gasteiger partial charge in [-0.25, -0.2) is 13.5 Å². The van der Waals surface area contributed by atoms with E-state index in [9.17, 15) is 13.2 Å². The number of hydroxylamine groups is 2. The van der Waals surface area contributed by atoms with Gasteiger partial charge in [-0.05, 0) is 31.0 Å². The maximum atomic E-state index is 13.0. The Morgan fingerprint density at radius 2 is 2.15 bits per heavy atom. The maximum absolute atomic E-state index is 13.0. The molecule has 0 N–H and O–H groups in total. The minimum Gasteiger partial charge on any atom is -0.273 e. The van der Waals surface area contributed by atoms with Crippen molar-refractivity contribution in [1.82, 2.24) is 24.1 Å². The van der Waals surface area contributed by atoms with Crippen molar-refractivity contribution in [3.05, 3.63) is 42.5 Å². The lowest BCUT2D eigenvalue weighted by molar-refractivity contribution is -0.198. The molecule has 144 valence electrons. The third-order valence-electron chi connectivity index (χ3n) is 4.81. The van der Waals surface area contributed by atoms with Crippen LogP contribution >= 0.6 is 0 Å². The standard InChI is InChI=1S/C17H21N5O4S/c23-17(21-8-1-2-9-26-21)10-15-13-20(12-14-5-7-19-22(14)15)27(24,25)16-4-3-6-18-11-16/h3-7,11,15H,1-2,8-10,12-13H2. The Labute approximate surface area is 157 Å². The van der Waals surface area contributed by atoms with Gasteiger partial charge in [0, 0.05) is 31.7 Å². The number of nitrogens with zero attached hydrogens (tertiary/aromatic N) is 5. The van der Waals surface area contributed by atoms with E-state index in [-0.39, 0.29) is 36.4 Å². The van der Waals surface area contributed by atoms with Gasteiger partial charge in [-0.3, -0.25) is 19.3 Å². The fraction of sp³-hybridized carbons (Fsp3) is 0.471. The normalized spacial score (nSPS) is 21.0. The molecule has 1 fully saturated rings. The number of sulfonamides is 1. The molecule has 2 aliphatic rings. The van der Waals surface area contributed by atoms with Crippen molar-refractivity contribution >= 4 is 15.9 Å². The predicted molar refractivity (Wildman–Crippen MR) is 94.6 cm³/mol.